The van der Waals surface area contributed by atoms with E-state index in [0.717, 1.165) is 64.1 Å². The lowest BCUT2D eigenvalue weighted by molar-refractivity contribution is 0.0827. The summed E-state index contributed by atoms with van der Waals surface area (Å²) in [6, 6.07) is 1.13. The van der Waals surface area contributed by atoms with Crippen LogP contribution in [-0.2, 0) is 0 Å². The summed E-state index contributed by atoms with van der Waals surface area (Å²) in [5.41, 5.74) is 0.380. The fourth-order valence-electron chi connectivity index (χ4n) is 3.85. The SMILES string of the molecule is CC(C)(C)C1CCN(C(=O)N2CCN(C3CC3)CC2)CC1. The number of carbonyl (C=O) groups is 1. The van der Waals surface area contributed by atoms with E-state index in [4.69, 9.17) is 0 Å². The second-order valence-electron chi connectivity index (χ2n) is 8.16. The zero-order chi connectivity index (χ0) is 15.0. The molecule has 0 atom stereocenters. The molecule has 1 aliphatic carbocycles. The van der Waals surface area contributed by atoms with E-state index < -0.39 is 0 Å². The minimum absolute atomic E-state index is 0.290. The highest BCUT2D eigenvalue weighted by atomic mass is 16.2. The minimum Gasteiger partial charge on any atom is -0.325 e. The predicted octanol–water partition coefficient (Wildman–Crippen LogP) is 2.64. The highest BCUT2D eigenvalue weighted by molar-refractivity contribution is 5.74. The second kappa shape index (κ2) is 5.79. The van der Waals surface area contributed by atoms with Gasteiger partial charge in [0.05, 0.1) is 0 Å². The molecule has 21 heavy (non-hydrogen) atoms. The first-order chi connectivity index (χ1) is 9.95. The molecule has 2 amide bonds. The first kappa shape index (κ1) is 15.1. The molecule has 0 radical (unpaired) electrons. The van der Waals surface area contributed by atoms with Crippen molar-refractivity contribution in [3.8, 4) is 0 Å². The molecular weight excluding hydrogens is 262 g/mol. The lowest BCUT2D eigenvalue weighted by atomic mass is 9.75. The van der Waals surface area contributed by atoms with E-state index >= 15 is 0 Å². The minimum atomic E-state index is 0.290. The van der Waals surface area contributed by atoms with Crippen LogP contribution in [0.5, 0.6) is 0 Å². The van der Waals surface area contributed by atoms with Crippen LogP contribution in [0.4, 0.5) is 4.79 Å². The fraction of sp³-hybridized carbons (Fsp3) is 0.941. The molecule has 0 spiro atoms. The fourth-order valence-corrected chi connectivity index (χ4v) is 3.85. The molecule has 2 heterocycles. The van der Waals surface area contributed by atoms with Gasteiger partial charge in [0.1, 0.15) is 0 Å². The molecule has 4 heteroatoms. The predicted molar refractivity (Wildman–Crippen MR) is 85.3 cm³/mol. The first-order valence-electron chi connectivity index (χ1n) is 8.73. The molecule has 3 fully saturated rings. The Morgan fingerprint density at radius 1 is 0.810 bits per heavy atom. The molecule has 120 valence electrons. The molecule has 3 aliphatic rings. The Bertz CT molecular complexity index is 370. The summed E-state index contributed by atoms with van der Waals surface area (Å²) < 4.78 is 0. The summed E-state index contributed by atoms with van der Waals surface area (Å²) in [6.45, 7) is 12.9. The number of hydrogen-bond donors (Lipinski definition) is 0. The zero-order valence-corrected chi connectivity index (χ0v) is 14.0. The molecule has 0 aromatic carbocycles. The van der Waals surface area contributed by atoms with Gasteiger partial charge in [0.2, 0.25) is 0 Å². The molecule has 0 aromatic rings. The number of likely N-dealkylation sites (tertiary alicyclic amines) is 1. The van der Waals surface area contributed by atoms with Crippen LogP contribution < -0.4 is 0 Å². The Morgan fingerprint density at radius 2 is 1.33 bits per heavy atom. The van der Waals surface area contributed by atoms with Crippen LogP contribution in [0.1, 0.15) is 46.5 Å². The van der Waals surface area contributed by atoms with Gasteiger partial charge in [-0.15, -0.1) is 0 Å². The first-order valence-corrected chi connectivity index (χ1v) is 8.73. The normalized spacial score (nSPS) is 26.2. The number of piperazine rings is 1. The lowest BCUT2D eigenvalue weighted by Crippen LogP contribution is -2.54. The van der Waals surface area contributed by atoms with Gasteiger partial charge >= 0.3 is 6.03 Å². The summed E-state index contributed by atoms with van der Waals surface area (Å²) in [5.74, 6) is 0.758. The third kappa shape index (κ3) is 3.53. The van der Waals surface area contributed by atoms with Gasteiger partial charge in [0.15, 0.2) is 0 Å². The van der Waals surface area contributed by atoms with Crippen molar-refractivity contribution in [2.45, 2.75) is 52.5 Å². The maximum atomic E-state index is 12.6. The monoisotopic (exact) mass is 293 g/mol. The average Bonchev–Trinajstić information content (AvgIpc) is 3.31. The van der Waals surface area contributed by atoms with Gasteiger partial charge in [-0.05, 0) is 37.0 Å². The van der Waals surface area contributed by atoms with E-state index in [-0.39, 0.29) is 6.03 Å². The van der Waals surface area contributed by atoms with E-state index in [1.54, 1.807) is 0 Å². The van der Waals surface area contributed by atoms with Gasteiger partial charge < -0.3 is 9.80 Å². The standard InChI is InChI=1S/C17H31N3O/c1-17(2,3)14-6-8-19(9-7-14)16(21)20-12-10-18(11-13-20)15-4-5-15/h14-15H,4-13H2,1-3H3. The van der Waals surface area contributed by atoms with Gasteiger partial charge in [-0.3, -0.25) is 4.90 Å². The van der Waals surface area contributed by atoms with E-state index in [2.05, 4.69) is 35.5 Å². The quantitative estimate of drug-likeness (QED) is 0.743. The average molecular weight is 293 g/mol. The summed E-state index contributed by atoms with van der Waals surface area (Å²) in [4.78, 5) is 19.4. The van der Waals surface area contributed by atoms with Crippen molar-refractivity contribution in [2.24, 2.45) is 11.3 Å². The van der Waals surface area contributed by atoms with Crippen molar-refractivity contribution in [3.05, 3.63) is 0 Å². The third-order valence-corrected chi connectivity index (χ3v) is 5.64. The molecule has 2 saturated heterocycles. The van der Waals surface area contributed by atoms with Gasteiger partial charge in [0, 0.05) is 45.3 Å². The van der Waals surface area contributed by atoms with E-state index in [1.165, 1.54) is 12.8 Å². The van der Waals surface area contributed by atoms with Gasteiger partial charge in [0.25, 0.3) is 0 Å². The molecule has 0 unspecified atom stereocenters. The number of hydrogen-bond acceptors (Lipinski definition) is 2. The maximum absolute atomic E-state index is 12.6. The molecule has 0 N–H and O–H groups in total. The van der Waals surface area contributed by atoms with Crippen molar-refractivity contribution in [3.63, 3.8) is 0 Å². The molecule has 2 aliphatic heterocycles. The Kier molecular flexibility index (Phi) is 4.17. The Labute approximate surface area is 129 Å². The molecule has 3 rings (SSSR count). The Hall–Kier alpha value is -0.770. The lowest BCUT2D eigenvalue weighted by Gasteiger charge is -2.42. The molecule has 0 bridgehead atoms. The summed E-state index contributed by atoms with van der Waals surface area (Å²) in [6.07, 6.45) is 5.07. The van der Waals surface area contributed by atoms with Crippen LogP contribution in [0.2, 0.25) is 0 Å². The van der Waals surface area contributed by atoms with Crippen molar-refractivity contribution in [2.75, 3.05) is 39.3 Å². The van der Waals surface area contributed by atoms with Gasteiger partial charge in [-0.2, -0.15) is 0 Å². The summed E-state index contributed by atoms with van der Waals surface area (Å²) in [5, 5.41) is 0. The second-order valence-corrected chi connectivity index (χ2v) is 8.16. The Balaban J connectivity index is 1.46. The van der Waals surface area contributed by atoms with E-state index in [1.807, 2.05) is 0 Å². The third-order valence-electron chi connectivity index (χ3n) is 5.64. The van der Waals surface area contributed by atoms with Gasteiger partial charge in [-0.1, -0.05) is 20.8 Å². The van der Waals surface area contributed by atoms with Crippen LogP contribution in [0.3, 0.4) is 0 Å². The Morgan fingerprint density at radius 3 is 1.81 bits per heavy atom. The summed E-state index contributed by atoms with van der Waals surface area (Å²) >= 11 is 0. The van der Waals surface area contributed by atoms with Crippen LogP contribution in [0, 0.1) is 11.3 Å². The number of amides is 2. The molecule has 4 nitrogen and oxygen atoms in total. The number of piperidine rings is 1. The van der Waals surface area contributed by atoms with Crippen molar-refractivity contribution in [1.82, 2.24) is 14.7 Å². The molecule has 0 aromatic heterocycles. The number of carbonyl (C=O) groups excluding carboxylic acids is 1. The number of rotatable bonds is 1. The molecular formula is C17H31N3O. The smallest absolute Gasteiger partial charge is 0.320 e. The zero-order valence-electron chi connectivity index (χ0n) is 14.0. The van der Waals surface area contributed by atoms with E-state index in [9.17, 15) is 4.79 Å². The van der Waals surface area contributed by atoms with Crippen molar-refractivity contribution in [1.29, 1.82) is 0 Å². The van der Waals surface area contributed by atoms with Crippen LogP contribution in [0.15, 0.2) is 0 Å². The van der Waals surface area contributed by atoms with Crippen LogP contribution in [0.25, 0.3) is 0 Å². The highest BCUT2D eigenvalue weighted by Crippen LogP contribution is 2.34. The largest absolute Gasteiger partial charge is 0.325 e. The highest BCUT2D eigenvalue weighted by Gasteiger charge is 2.35. The van der Waals surface area contributed by atoms with Crippen molar-refractivity contribution < 1.29 is 4.79 Å². The van der Waals surface area contributed by atoms with Crippen molar-refractivity contribution >= 4 is 6.03 Å². The van der Waals surface area contributed by atoms with Gasteiger partial charge in [-0.25, -0.2) is 4.79 Å². The number of nitrogens with zero attached hydrogens (tertiary/aromatic N) is 3. The van der Waals surface area contributed by atoms with Crippen LogP contribution >= 0.6 is 0 Å². The number of urea groups is 1. The van der Waals surface area contributed by atoms with Crippen LogP contribution in [-0.4, -0.2) is 66.0 Å². The topological polar surface area (TPSA) is 26.8 Å². The summed E-state index contributed by atoms with van der Waals surface area (Å²) in [7, 11) is 0. The van der Waals surface area contributed by atoms with E-state index in [0.29, 0.717) is 5.41 Å². The molecule has 1 saturated carbocycles. The maximum Gasteiger partial charge on any atom is 0.320 e.